The Morgan fingerprint density at radius 3 is 2.86 bits per heavy atom. The summed E-state index contributed by atoms with van der Waals surface area (Å²) < 4.78 is 1.52. The van der Waals surface area contributed by atoms with Gasteiger partial charge in [0.05, 0.1) is 16.6 Å². The molecule has 0 fully saturated rings. The summed E-state index contributed by atoms with van der Waals surface area (Å²) in [7, 11) is 0. The number of nitrogens with one attached hydrogen (secondary N) is 2. The number of rotatable bonds is 5. The Morgan fingerprint density at radius 1 is 1.32 bits per heavy atom. The van der Waals surface area contributed by atoms with Crippen LogP contribution in [0.3, 0.4) is 0 Å². The molecule has 0 unspecified atom stereocenters. The maximum atomic E-state index is 13.0. The Kier molecular flexibility index (Phi) is 4.68. The molecule has 0 aliphatic rings. The van der Waals surface area contributed by atoms with Crippen LogP contribution in [0.2, 0.25) is 0 Å². The first-order valence-electron chi connectivity index (χ1n) is 9.05. The Morgan fingerprint density at radius 2 is 2.14 bits per heavy atom. The number of aryl methyl sites for hydroxylation is 1. The summed E-state index contributed by atoms with van der Waals surface area (Å²) in [5, 5.41) is 15.0. The highest BCUT2D eigenvalue weighted by atomic mass is 32.1. The van der Waals surface area contributed by atoms with Crippen molar-refractivity contribution < 1.29 is 4.79 Å². The van der Waals surface area contributed by atoms with Crippen LogP contribution in [0.4, 0.5) is 5.69 Å². The highest BCUT2D eigenvalue weighted by Gasteiger charge is 2.22. The number of hydrogen-bond acceptors (Lipinski definition) is 6. The smallest absolute Gasteiger partial charge is 0.259 e. The number of H-pyrrole nitrogens is 1. The van der Waals surface area contributed by atoms with Crippen molar-refractivity contribution in [1.82, 2.24) is 30.2 Å². The van der Waals surface area contributed by atoms with Gasteiger partial charge in [0.1, 0.15) is 17.2 Å². The second-order valence-corrected chi connectivity index (χ2v) is 8.39. The molecule has 3 heterocycles. The number of nitrogens with zero attached hydrogens (tertiary/aromatic N) is 5. The monoisotopic (exact) mass is 395 g/mol. The van der Waals surface area contributed by atoms with Crippen molar-refractivity contribution in [2.45, 2.75) is 34.1 Å². The lowest BCUT2D eigenvalue weighted by Gasteiger charge is -2.07. The minimum absolute atomic E-state index is 0.186. The van der Waals surface area contributed by atoms with Gasteiger partial charge in [0.25, 0.3) is 5.91 Å². The lowest BCUT2D eigenvalue weighted by atomic mass is 10.1. The zero-order valence-electron chi connectivity index (χ0n) is 16.1. The van der Waals surface area contributed by atoms with E-state index in [1.165, 1.54) is 22.3 Å². The lowest BCUT2D eigenvalue weighted by molar-refractivity contribution is 0.102. The fourth-order valence-electron chi connectivity index (χ4n) is 3.11. The largest absolute Gasteiger partial charge is 0.342 e. The van der Waals surface area contributed by atoms with E-state index in [9.17, 15) is 4.79 Å². The number of hydrogen-bond donors (Lipinski definition) is 2. The summed E-state index contributed by atoms with van der Waals surface area (Å²) in [6.07, 6.45) is 2.38. The van der Waals surface area contributed by atoms with E-state index in [0.717, 1.165) is 33.7 Å². The number of thiophene rings is 1. The second kappa shape index (κ2) is 7.16. The maximum absolute atomic E-state index is 13.0. The fraction of sp³-hybridized carbons (Fsp3) is 0.316. The van der Waals surface area contributed by atoms with Crippen molar-refractivity contribution >= 4 is 34.0 Å². The number of imidazole rings is 1. The molecule has 28 heavy (non-hydrogen) atoms. The fourth-order valence-corrected chi connectivity index (χ4v) is 4.18. The minimum Gasteiger partial charge on any atom is -0.342 e. The number of benzene rings is 1. The molecule has 0 spiro atoms. The van der Waals surface area contributed by atoms with Crippen molar-refractivity contribution in [3.8, 4) is 5.00 Å². The molecule has 0 bridgehead atoms. The van der Waals surface area contributed by atoms with Gasteiger partial charge in [0.15, 0.2) is 0 Å². The van der Waals surface area contributed by atoms with E-state index in [0.29, 0.717) is 22.2 Å². The van der Waals surface area contributed by atoms with Crippen LogP contribution >= 0.6 is 11.3 Å². The third kappa shape index (κ3) is 3.40. The van der Waals surface area contributed by atoms with Gasteiger partial charge in [-0.1, -0.05) is 13.8 Å². The van der Waals surface area contributed by atoms with Gasteiger partial charge in [0, 0.05) is 17.0 Å². The number of amides is 1. The predicted molar refractivity (Wildman–Crippen MR) is 109 cm³/mol. The van der Waals surface area contributed by atoms with Crippen molar-refractivity contribution in [3.05, 3.63) is 46.4 Å². The molecule has 9 heteroatoms. The molecule has 4 aromatic rings. The Hall–Kier alpha value is -3.07. The number of tetrazole rings is 1. The van der Waals surface area contributed by atoms with E-state index in [4.69, 9.17) is 0 Å². The van der Waals surface area contributed by atoms with Gasteiger partial charge < -0.3 is 10.3 Å². The van der Waals surface area contributed by atoms with E-state index < -0.39 is 0 Å². The quantitative estimate of drug-likeness (QED) is 0.537. The van der Waals surface area contributed by atoms with Gasteiger partial charge in [-0.05, 0) is 54.0 Å². The van der Waals surface area contributed by atoms with E-state index in [2.05, 4.69) is 44.7 Å². The van der Waals surface area contributed by atoms with Crippen molar-refractivity contribution in [3.63, 3.8) is 0 Å². The minimum atomic E-state index is -0.186. The molecule has 3 aromatic heterocycles. The molecule has 8 nitrogen and oxygen atoms in total. The summed E-state index contributed by atoms with van der Waals surface area (Å²) in [6.45, 7) is 8.24. The lowest BCUT2D eigenvalue weighted by Crippen LogP contribution is -2.15. The first-order chi connectivity index (χ1) is 13.4. The van der Waals surface area contributed by atoms with Crippen LogP contribution < -0.4 is 5.32 Å². The summed E-state index contributed by atoms with van der Waals surface area (Å²) in [5.41, 5.74) is 4.02. The second-order valence-electron chi connectivity index (χ2n) is 7.19. The Labute approximate surface area is 166 Å². The van der Waals surface area contributed by atoms with Crippen LogP contribution in [0.1, 0.15) is 40.5 Å². The average molecular weight is 395 g/mol. The first-order valence-corrected chi connectivity index (χ1v) is 9.87. The maximum Gasteiger partial charge on any atom is 0.259 e. The SMILES string of the molecule is Cc1sc(-n2cnnn2)c(C(=O)Nc2ccc3nc(CC(C)C)[nH]c3c2)c1C. The molecule has 1 aromatic carbocycles. The van der Waals surface area contributed by atoms with Crippen LogP contribution in [0.5, 0.6) is 0 Å². The van der Waals surface area contributed by atoms with Gasteiger partial charge in [-0.15, -0.1) is 16.4 Å². The zero-order chi connectivity index (χ0) is 19.8. The van der Waals surface area contributed by atoms with Gasteiger partial charge >= 0.3 is 0 Å². The van der Waals surface area contributed by atoms with Crippen LogP contribution in [0.15, 0.2) is 24.5 Å². The van der Waals surface area contributed by atoms with Crippen molar-refractivity contribution in [2.75, 3.05) is 5.32 Å². The summed E-state index contributed by atoms with van der Waals surface area (Å²) in [4.78, 5) is 22.0. The van der Waals surface area contributed by atoms with E-state index in [-0.39, 0.29) is 5.91 Å². The highest BCUT2D eigenvalue weighted by molar-refractivity contribution is 7.15. The normalized spacial score (nSPS) is 11.5. The highest BCUT2D eigenvalue weighted by Crippen LogP contribution is 2.31. The number of anilines is 1. The molecule has 4 rings (SSSR count). The van der Waals surface area contributed by atoms with Gasteiger partial charge in [-0.25, -0.2) is 4.98 Å². The van der Waals surface area contributed by atoms with E-state index in [1.54, 1.807) is 0 Å². The molecule has 0 atom stereocenters. The average Bonchev–Trinajstić information content (AvgIpc) is 3.34. The van der Waals surface area contributed by atoms with Crippen molar-refractivity contribution in [2.24, 2.45) is 5.92 Å². The Bertz CT molecular complexity index is 1140. The molecule has 0 aliphatic carbocycles. The third-order valence-corrected chi connectivity index (χ3v) is 5.74. The molecule has 0 saturated heterocycles. The summed E-state index contributed by atoms with van der Waals surface area (Å²) in [6, 6.07) is 5.69. The molecular formula is C19H21N7OS. The topological polar surface area (TPSA) is 101 Å². The number of fused-ring (bicyclic) bond motifs is 1. The van der Waals surface area contributed by atoms with Crippen LogP contribution in [0.25, 0.3) is 16.0 Å². The van der Waals surface area contributed by atoms with Gasteiger partial charge in [-0.2, -0.15) is 4.68 Å². The number of carbonyl (C=O) groups is 1. The standard InChI is InChI=1S/C19H21N7OS/c1-10(2)7-16-22-14-6-5-13(8-15(14)23-16)21-18(27)17-11(3)12(4)28-19(17)26-9-20-24-25-26/h5-6,8-10H,7H2,1-4H3,(H,21,27)(H,22,23). The van der Waals surface area contributed by atoms with Crippen molar-refractivity contribution in [1.29, 1.82) is 0 Å². The molecule has 0 aliphatic heterocycles. The molecule has 0 saturated carbocycles. The molecule has 1 amide bonds. The van der Waals surface area contributed by atoms with Crippen LogP contribution in [0, 0.1) is 19.8 Å². The van der Waals surface area contributed by atoms with Crippen LogP contribution in [-0.4, -0.2) is 36.1 Å². The molecule has 2 N–H and O–H groups in total. The molecule has 0 radical (unpaired) electrons. The number of carbonyl (C=O) groups excluding carboxylic acids is 1. The van der Waals surface area contributed by atoms with E-state index >= 15 is 0 Å². The van der Waals surface area contributed by atoms with Gasteiger partial charge in [-0.3, -0.25) is 4.79 Å². The zero-order valence-corrected chi connectivity index (χ0v) is 17.0. The first kappa shape index (κ1) is 18.3. The number of aromatic amines is 1. The van der Waals surface area contributed by atoms with Gasteiger partial charge in [0.2, 0.25) is 0 Å². The van der Waals surface area contributed by atoms with E-state index in [1.807, 2.05) is 32.0 Å². The summed E-state index contributed by atoms with van der Waals surface area (Å²) in [5.74, 6) is 1.29. The predicted octanol–water partition coefficient (Wildman–Crippen LogP) is 3.67. The number of aromatic nitrogens is 6. The summed E-state index contributed by atoms with van der Waals surface area (Å²) >= 11 is 1.49. The molecular weight excluding hydrogens is 374 g/mol. The third-order valence-electron chi connectivity index (χ3n) is 4.54. The Balaban J connectivity index is 1.64. The van der Waals surface area contributed by atoms with Crippen LogP contribution in [-0.2, 0) is 6.42 Å². The molecule has 144 valence electrons.